The van der Waals surface area contributed by atoms with Gasteiger partial charge in [-0.1, -0.05) is 58.7 Å². The summed E-state index contributed by atoms with van der Waals surface area (Å²) in [4.78, 5) is 16.7. The third-order valence-corrected chi connectivity index (χ3v) is 6.44. The van der Waals surface area contributed by atoms with Crippen LogP contribution in [0.2, 0.25) is 15.1 Å². The highest BCUT2D eigenvalue weighted by atomic mass is 35.5. The highest BCUT2D eigenvalue weighted by molar-refractivity contribution is 8.00. The molecule has 0 bridgehead atoms. The highest BCUT2D eigenvalue weighted by Gasteiger charge is 2.10. The predicted molar refractivity (Wildman–Crippen MR) is 112 cm³/mol. The second-order valence-electron chi connectivity index (χ2n) is 5.38. The molecule has 0 radical (unpaired) electrons. The molecule has 0 atom stereocenters. The summed E-state index contributed by atoms with van der Waals surface area (Å²) in [5.41, 5.74) is 2.48. The molecule has 3 rings (SSSR count). The first kappa shape index (κ1) is 19.5. The lowest BCUT2D eigenvalue weighted by Crippen LogP contribution is -2.14. The van der Waals surface area contributed by atoms with Gasteiger partial charge < -0.3 is 5.32 Å². The number of carbonyl (C=O) groups excluding carboxylic acids is 1. The van der Waals surface area contributed by atoms with Gasteiger partial charge in [-0.05, 0) is 35.9 Å². The molecule has 0 spiro atoms. The standard InChI is InChI=1S/C18H13Cl3N2OS2/c19-12-3-1-2-11(6-12)9-25-18-23-14(10-26-18)8-17(24)22-13-4-5-15(20)16(21)7-13/h1-7,10H,8-9H2,(H,22,24). The summed E-state index contributed by atoms with van der Waals surface area (Å²) in [6.45, 7) is 0. The van der Waals surface area contributed by atoms with Crippen molar-refractivity contribution in [1.82, 2.24) is 4.98 Å². The van der Waals surface area contributed by atoms with Crippen molar-refractivity contribution in [2.75, 3.05) is 5.32 Å². The average molecular weight is 444 g/mol. The van der Waals surface area contributed by atoms with E-state index in [1.807, 2.05) is 29.6 Å². The normalized spacial score (nSPS) is 10.7. The SMILES string of the molecule is O=C(Cc1csc(SCc2cccc(Cl)c2)n1)Nc1ccc(Cl)c(Cl)c1. The van der Waals surface area contributed by atoms with Crippen LogP contribution in [0.15, 0.2) is 52.2 Å². The number of thioether (sulfide) groups is 1. The maximum absolute atomic E-state index is 12.2. The van der Waals surface area contributed by atoms with Gasteiger partial charge in [0.25, 0.3) is 0 Å². The fourth-order valence-electron chi connectivity index (χ4n) is 2.15. The molecule has 1 heterocycles. The van der Waals surface area contributed by atoms with Crippen molar-refractivity contribution in [3.63, 3.8) is 0 Å². The smallest absolute Gasteiger partial charge is 0.230 e. The molecule has 1 N–H and O–H groups in total. The maximum atomic E-state index is 12.2. The Morgan fingerprint density at radius 1 is 1.12 bits per heavy atom. The summed E-state index contributed by atoms with van der Waals surface area (Å²) >= 11 is 21.0. The third kappa shape index (κ3) is 5.63. The Balaban J connectivity index is 1.54. The van der Waals surface area contributed by atoms with E-state index in [4.69, 9.17) is 34.8 Å². The first-order chi connectivity index (χ1) is 12.5. The van der Waals surface area contributed by atoms with Gasteiger partial charge in [0.05, 0.1) is 22.2 Å². The third-order valence-electron chi connectivity index (χ3n) is 3.33. The summed E-state index contributed by atoms with van der Waals surface area (Å²) in [5, 5.41) is 6.26. The van der Waals surface area contributed by atoms with Crippen LogP contribution in [0.3, 0.4) is 0 Å². The molecule has 0 unspecified atom stereocenters. The van der Waals surface area contributed by atoms with E-state index >= 15 is 0 Å². The van der Waals surface area contributed by atoms with E-state index in [1.165, 1.54) is 11.3 Å². The number of nitrogens with one attached hydrogen (secondary N) is 1. The van der Waals surface area contributed by atoms with Gasteiger partial charge in [-0.3, -0.25) is 4.79 Å². The number of halogens is 3. The summed E-state index contributed by atoms with van der Waals surface area (Å²) < 4.78 is 0.919. The zero-order chi connectivity index (χ0) is 18.5. The summed E-state index contributed by atoms with van der Waals surface area (Å²) in [7, 11) is 0. The molecule has 0 fully saturated rings. The van der Waals surface area contributed by atoms with Crippen molar-refractivity contribution < 1.29 is 4.79 Å². The van der Waals surface area contributed by atoms with E-state index in [2.05, 4.69) is 10.3 Å². The number of hydrogen-bond acceptors (Lipinski definition) is 4. The first-order valence-corrected chi connectivity index (χ1v) is 10.6. The Morgan fingerprint density at radius 3 is 2.73 bits per heavy atom. The van der Waals surface area contributed by atoms with Crippen molar-refractivity contribution in [3.8, 4) is 0 Å². The zero-order valence-electron chi connectivity index (χ0n) is 13.3. The molecular weight excluding hydrogens is 431 g/mol. The lowest BCUT2D eigenvalue weighted by Gasteiger charge is -2.05. The number of nitrogens with zero attached hydrogens (tertiary/aromatic N) is 1. The molecule has 1 aromatic heterocycles. The Labute approximate surface area is 174 Å². The summed E-state index contributed by atoms with van der Waals surface area (Å²) in [6.07, 6.45) is 0.203. The first-order valence-electron chi connectivity index (χ1n) is 7.56. The molecular formula is C18H13Cl3N2OS2. The molecule has 0 saturated carbocycles. The van der Waals surface area contributed by atoms with Crippen molar-refractivity contribution in [1.29, 1.82) is 0 Å². The molecule has 26 heavy (non-hydrogen) atoms. The Morgan fingerprint density at radius 2 is 1.96 bits per heavy atom. The fraction of sp³-hybridized carbons (Fsp3) is 0.111. The van der Waals surface area contributed by atoms with E-state index in [1.54, 1.807) is 30.0 Å². The van der Waals surface area contributed by atoms with Gasteiger partial charge in [0.1, 0.15) is 4.34 Å². The largest absolute Gasteiger partial charge is 0.326 e. The number of aromatic nitrogens is 1. The van der Waals surface area contributed by atoms with Gasteiger partial charge in [-0.2, -0.15) is 0 Å². The average Bonchev–Trinajstić information content (AvgIpc) is 3.04. The maximum Gasteiger partial charge on any atom is 0.230 e. The van der Waals surface area contributed by atoms with E-state index in [-0.39, 0.29) is 12.3 Å². The molecule has 0 aliphatic rings. The van der Waals surface area contributed by atoms with Crippen molar-refractivity contribution in [3.05, 3.63) is 74.2 Å². The van der Waals surface area contributed by atoms with Crippen molar-refractivity contribution >= 4 is 69.5 Å². The monoisotopic (exact) mass is 442 g/mol. The number of rotatable bonds is 6. The topological polar surface area (TPSA) is 42.0 Å². The van der Waals surface area contributed by atoms with Crippen LogP contribution < -0.4 is 5.32 Å². The number of hydrogen-bond donors (Lipinski definition) is 1. The molecule has 0 saturated heterocycles. The Bertz CT molecular complexity index is 930. The van der Waals surface area contributed by atoms with Crippen molar-refractivity contribution in [2.45, 2.75) is 16.5 Å². The number of amides is 1. The second-order valence-corrected chi connectivity index (χ2v) is 8.71. The van der Waals surface area contributed by atoms with E-state index in [0.717, 1.165) is 26.4 Å². The molecule has 8 heteroatoms. The van der Waals surface area contributed by atoms with Crippen molar-refractivity contribution in [2.24, 2.45) is 0 Å². The lowest BCUT2D eigenvalue weighted by molar-refractivity contribution is -0.115. The van der Waals surface area contributed by atoms with Gasteiger partial charge >= 0.3 is 0 Å². The van der Waals surface area contributed by atoms with Crippen LogP contribution in [0.5, 0.6) is 0 Å². The number of thiazole rings is 1. The molecule has 2 aromatic carbocycles. The molecule has 3 nitrogen and oxygen atoms in total. The summed E-state index contributed by atoms with van der Waals surface area (Å²) in [6, 6.07) is 12.7. The van der Waals surface area contributed by atoms with Crippen LogP contribution in [0, 0.1) is 0 Å². The molecule has 0 aliphatic heterocycles. The molecule has 0 aliphatic carbocycles. The minimum atomic E-state index is -0.153. The number of benzene rings is 2. The fourth-order valence-corrected chi connectivity index (χ4v) is 4.45. The van der Waals surface area contributed by atoms with E-state index in [9.17, 15) is 4.79 Å². The van der Waals surface area contributed by atoms with Gasteiger partial charge in [0, 0.05) is 21.8 Å². The predicted octanol–water partition coefficient (Wildman–Crippen LogP) is 6.58. The number of carbonyl (C=O) groups is 1. The summed E-state index contributed by atoms with van der Waals surface area (Å²) in [5.74, 6) is 0.628. The Kier molecular flexibility index (Phi) is 6.84. The van der Waals surface area contributed by atoms with Crippen LogP contribution >= 0.6 is 57.9 Å². The zero-order valence-corrected chi connectivity index (χ0v) is 17.2. The molecule has 3 aromatic rings. The molecule has 1 amide bonds. The minimum absolute atomic E-state index is 0.153. The minimum Gasteiger partial charge on any atom is -0.326 e. The van der Waals surface area contributed by atoms with E-state index in [0.29, 0.717) is 15.7 Å². The second kappa shape index (κ2) is 9.11. The Hall–Kier alpha value is -1.24. The van der Waals surface area contributed by atoms with Crippen LogP contribution in [-0.2, 0) is 17.0 Å². The van der Waals surface area contributed by atoms with Gasteiger partial charge in [-0.15, -0.1) is 11.3 Å². The van der Waals surface area contributed by atoms with Gasteiger partial charge in [-0.25, -0.2) is 4.98 Å². The van der Waals surface area contributed by atoms with Gasteiger partial charge in [0.2, 0.25) is 5.91 Å². The molecule has 134 valence electrons. The van der Waals surface area contributed by atoms with Crippen LogP contribution in [0.4, 0.5) is 5.69 Å². The number of anilines is 1. The van der Waals surface area contributed by atoms with Gasteiger partial charge in [0.15, 0.2) is 0 Å². The lowest BCUT2D eigenvalue weighted by atomic mass is 10.2. The highest BCUT2D eigenvalue weighted by Crippen LogP contribution is 2.28. The van der Waals surface area contributed by atoms with Crippen LogP contribution in [0.1, 0.15) is 11.3 Å². The quantitative estimate of drug-likeness (QED) is 0.438. The van der Waals surface area contributed by atoms with Crippen LogP contribution in [0.25, 0.3) is 0 Å². The van der Waals surface area contributed by atoms with Crippen LogP contribution in [-0.4, -0.2) is 10.9 Å². The van der Waals surface area contributed by atoms with E-state index < -0.39 is 0 Å².